The molecule has 0 rings (SSSR count). The van der Waals surface area contributed by atoms with E-state index < -0.39 is 12.0 Å². The number of nitrogens with one attached hydrogen (secondary N) is 3. The fraction of sp³-hybridized carbons (Fsp3) is 0.727. The molecule has 8 heteroatoms. The molecule has 0 spiro atoms. The number of carboxylic acids is 1. The number of carboxylic acid groups (broad SMARTS) is 1. The molecule has 0 aliphatic carbocycles. The first-order valence-corrected chi connectivity index (χ1v) is 5.97. The minimum atomic E-state index is -0.911. The summed E-state index contributed by atoms with van der Waals surface area (Å²) in [4.78, 5) is 32.9. The molecule has 3 amide bonds. The van der Waals surface area contributed by atoms with Crippen LogP contribution in [-0.2, 0) is 14.3 Å². The van der Waals surface area contributed by atoms with E-state index >= 15 is 0 Å². The van der Waals surface area contributed by atoms with Crippen LogP contribution in [0.5, 0.6) is 0 Å². The maximum atomic E-state index is 11.4. The van der Waals surface area contributed by atoms with Crippen LogP contribution in [0.2, 0.25) is 0 Å². The van der Waals surface area contributed by atoms with Gasteiger partial charge in [0, 0.05) is 26.1 Å². The minimum Gasteiger partial charge on any atom is -0.481 e. The van der Waals surface area contributed by atoms with E-state index in [1.165, 1.54) is 7.11 Å². The first-order chi connectivity index (χ1) is 8.95. The largest absolute Gasteiger partial charge is 0.481 e. The number of amides is 3. The van der Waals surface area contributed by atoms with Gasteiger partial charge in [0.05, 0.1) is 13.2 Å². The Kier molecular flexibility index (Phi) is 9.15. The molecule has 0 aromatic heterocycles. The van der Waals surface area contributed by atoms with E-state index in [1.54, 1.807) is 6.92 Å². The smallest absolute Gasteiger partial charge is 0.315 e. The number of hydrogen-bond donors (Lipinski definition) is 4. The maximum absolute atomic E-state index is 11.4. The Morgan fingerprint density at radius 3 is 2.53 bits per heavy atom. The van der Waals surface area contributed by atoms with Crippen LogP contribution in [0.4, 0.5) is 4.79 Å². The van der Waals surface area contributed by atoms with Gasteiger partial charge in [0.25, 0.3) is 0 Å². The minimum absolute atomic E-state index is 0.0149. The molecule has 19 heavy (non-hydrogen) atoms. The van der Waals surface area contributed by atoms with Gasteiger partial charge >= 0.3 is 12.0 Å². The number of carbonyl (C=O) groups is 3. The zero-order valence-corrected chi connectivity index (χ0v) is 11.2. The van der Waals surface area contributed by atoms with Gasteiger partial charge in [-0.3, -0.25) is 9.59 Å². The normalized spacial score (nSPS) is 11.5. The highest BCUT2D eigenvalue weighted by Crippen LogP contribution is 1.95. The van der Waals surface area contributed by atoms with Crippen molar-refractivity contribution in [3.05, 3.63) is 0 Å². The summed E-state index contributed by atoms with van der Waals surface area (Å²) >= 11 is 0. The second-order valence-electron chi connectivity index (χ2n) is 4.00. The van der Waals surface area contributed by atoms with Crippen LogP contribution in [0.15, 0.2) is 0 Å². The van der Waals surface area contributed by atoms with Gasteiger partial charge in [-0.1, -0.05) is 0 Å². The Balaban J connectivity index is 3.68. The maximum Gasteiger partial charge on any atom is 0.315 e. The molecule has 1 unspecified atom stereocenters. The molecule has 0 radical (unpaired) electrons. The third kappa shape index (κ3) is 11.0. The molecule has 0 aliphatic rings. The van der Waals surface area contributed by atoms with E-state index in [2.05, 4.69) is 16.0 Å². The Bertz CT molecular complexity index is 309. The number of methoxy groups -OCH3 is 1. The average Bonchev–Trinajstić information content (AvgIpc) is 2.34. The van der Waals surface area contributed by atoms with Crippen molar-refractivity contribution in [2.24, 2.45) is 0 Å². The lowest BCUT2D eigenvalue weighted by atomic mass is 10.2. The molecule has 4 N–H and O–H groups in total. The zero-order chi connectivity index (χ0) is 14.7. The van der Waals surface area contributed by atoms with Gasteiger partial charge in [-0.25, -0.2) is 4.79 Å². The molecule has 0 bridgehead atoms. The second-order valence-corrected chi connectivity index (χ2v) is 4.00. The van der Waals surface area contributed by atoms with Gasteiger partial charge in [-0.05, 0) is 13.3 Å². The Labute approximate surface area is 111 Å². The van der Waals surface area contributed by atoms with E-state index in [0.717, 1.165) is 0 Å². The van der Waals surface area contributed by atoms with Crippen molar-refractivity contribution >= 4 is 17.9 Å². The highest BCUT2D eigenvalue weighted by Gasteiger charge is 2.09. The predicted molar refractivity (Wildman–Crippen MR) is 67.8 cm³/mol. The third-order valence-corrected chi connectivity index (χ3v) is 2.21. The Hall–Kier alpha value is -1.83. The van der Waals surface area contributed by atoms with E-state index in [9.17, 15) is 14.4 Å². The summed E-state index contributed by atoms with van der Waals surface area (Å²) in [7, 11) is 1.52. The first-order valence-electron chi connectivity index (χ1n) is 5.97. The quantitative estimate of drug-likeness (QED) is 0.415. The van der Waals surface area contributed by atoms with Crippen molar-refractivity contribution in [1.29, 1.82) is 0 Å². The second kappa shape index (κ2) is 10.1. The number of rotatable bonds is 9. The predicted octanol–water partition coefficient (Wildman–Crippen LogP) is -0.698. The van der Waals surface area contributed by atoms with Gasteiger partial charge in [-0.15, -0.1) is 0 Å². The highest BCUT2D eigenvalue weighted by molar-refractivity contribution is 5.83. The molecule has 8 nitrogen and oxygen atoms in total. The molecule has 0 saturated heterocycles. The monoisotopic (exact) mass is 275 g/mol. The van der Waals surface area contributed by atoms with E-state index in [0.29, 0.717) is 19.6 Å². The standard InChI is InChI=1S/C11H21N3O5/c1-8(3-4-10(16)17)14-11(18)13-7-9(15)12-5-6-19-2/h8H,3-7H2,1-2H3,(H,12,15)(H,16,17)(H2,13,14,18). The van der Waals surface area contributed by atoms with Crippen molar-refractivity contribution < 1.29 is 24.2 Å². The van der Waals surface area contributed by atoms with Crippen LogP contribution in [0.3, 0.4) is 0 Å². The van der Waals surface area contributed by atoms with Crippen LogP contribution in [0, 0.1) is 0 Å². The van der Waals surface area contributed by atoms with Crippen LogP contribution in [0.25, 0.3) is 0 Å². The first kappa shape index (κ1) is 17.2. The summed E-state index contributed by atoms with van der Waals surface area (Å²) in [5.74, 6) is -1.23. The van der Waals surface area contributed by atoms with Gasteiger partial charge in [-0.2, -0.15) is 0 Å². The van der Waals surface area contributed by atoms with Crippen LogP contribution < -0.4 is 16.0 Å². The zero-order valence-electron chi connectivity index (χ0n) is 11.2. The molecule has 110 valence electrons. The van der Waals surface area contributed by atoms with Crippen molar-refractivity contribution in [1.82, 2.24) is 16.0 Å². The summed E-state index contributed by atoms with van der Waals surface area (Å²) in [5.41, 5.74) is 0. The fourth-order valence-corrected chi connectivity index (χ4v) is 1.20. The average molecular weight is 275 g/mol. The van der Waals surface area contributed by atoms with Crippen LogP contribution in [0.1, 0.15) is 19.8 Å². The topological polar surface area (TPSA) is 117 Å². The Morgan fingerprint density at radius 2 is 1.95 bits per heavy atom. The van der Waals surface area contributed by atoms with Gasteiger partial charge < -0.3 is 25.8 Å². The molecule has 0 fully saturated rings. The van der Waals surface area contributed by atoms with Crippen molar-refractivity contribution in [2.75, 3.05) is 26.8 Å². The summed E-state index contributed by atoms with van der Waals surface area (Å²) in [6.45, 7) is 2.35. The van der Waals surface area contributed by atoms with Crippen molar-refractivity contribution in [2.45, 2.75) is 25.8 Å². The number of urea groups is 1. The SMILES string of the molecule is COCCNC(=O)CNC(=O)NC(C)CCC(=O)O. The van der Waals surface area contributed by atoms with Crippen molar-refractivity contribution in [3.63, 3.8) is 0 Å². The van der Waals surface area contributed by atoms with Crippen LogP contribution >= 0.6 is 0 Å². The lowest BCUT2D eigenvalue weighted by Gasteiger charge is -2.13. The van der Waals surface area contributed by atoms with Gasteiger partial charge in [0.15, 0.2) is 0 Å². The van der Waals surface area contributed by atoms with E-state index in [1.807, 2.05) is 0 Å². The molecule has 0 aliphatic heterocycles. The summed E-state index contributed by atoms with van der Waals surface area (Å²) in [5, 5.41) is 15.9. The van der Waals surface area contributed by atoms with E-state index in [4.69, 9.17) is 9.84 Å². The lowest BCUT2D eigenvalue weighted by Crippen LogP contribution is -2.45. The molecular weight excluding hydrogens is 254 g/mol. The number of ether oxygens (including phenoxy) is 1. The summed E-state index contributed by atoms with van der Waals surface area (Å²) in [6.07, 6.45) is 0.321. The van der Waals surface area contributed by atoms with E-state index in [-0.39, 0.29) is 24.9 Å². The molecule has 0 heterocycles. The van der Waals surface area contributed by atoms with Crippen molar-refractivity contribution in [3.8, 4) is 0 Å². The molecule has 0 aromatic rings. The molecule has 0 saturated carbocycles. The fourth-order valence-electron chi connectivity index (χ4n) is 1.20. The number of aliphatic carboxylic acids is 1. The third-order valence-electron chi connectivity index (χ3n) is 2.21. The molecule has 0 aromatic carbocycles. The van der Waals surface area contributed by atoms with Crippen LogP contribution in [-0.4, -0.2) is 55.9 Å². The highest BCUT2D eigenvalue weighted by atomic mass is 16.5. The summed E-state index contributed by atoms with van der Waals surface area (Å²) in [6, 6.07) is -0.771. The number of carbonyl (C=O) groups excluding carboxylic acids is 2. The number of hydrogen-bond acceptors (Lipinski definition) is 4. The summed E-state index contributed by atoms with van der Waals surface area (Å²) < 4.78 is 4.75. The lowest BCUT2D eigenvalue weighted by molar-refractivity contribution is -0.137. The van der Waals surface area contributed by atoms with Gasteiger partial charge in [0.2, 0.25) is 5.91 Å². The molecule has 1 atom stereocenters. The molecular formula is C11H21N3O5. The van der Waals surface area contributed by atoms with Gasteiger partial charge in [0.1, 0.15) is 0 Å². The Morgan fingerprint density at radius 1 is 1.26 bits per heavy atom.